The molecule has 15 heavy (non-hydrogen) atoms. The van der Waals surface area contributed by atoms with Crippen molar-refractivity contribution in [2.75, 3.05) is 0 Å². The van der Waals surface area contributed by atoms with Crippen LogP contribution in [-0.2, 0) is 6.42 Å². The SMILES string of the molecule is CCCc1c(C)[nH]c2c(Cl)c(Cl)ccc12. The largest absolute Gasteiger partial charge is 0.357 e. The zero-order valence-electron chi connectivity index (χ0n) is 8.82. The van der Waals surface area contributed by atoms with E-state index in [9.17, 15) is 0 Å². The molecule has 0 atom stereocenters. The molecule has 3 heteroatoms. The van der Waals surface area contributed by atoms with E-state index in [-0.39, 0.29) is 0 Å². The summed E-state index contributed by atoms with van der Waals surface area (Å²) in [6.07, 6.45) is 2.21. The Kier molecular flexibility index (Phi) is 2.94. The van der Waals surface area contributed by atoms with Crippen molar-refractivity contribution in [2.24, 2.45) is 0 Å². The van der Waals surface area contributed by atoms with Crippen LogP contribution in [0.4, 0.5) is 0 Å². The molecule has 0 aliphatic rings. The fourth-order valence-corrected chi connectivity index (χ4v) is 2.33. The number of fused-ring (bicyclic) bond motifs is 1. The van der Waals surface area contributed by atoms with E-state index >= 15 is 0 Å². The highest BCUT2D eigenvalue weighted by Gasteiger charge is 2.11. The van der Waals surface area contributed by atoms with Crippen LogP contribution in [0.25, 0.3) is 10.9 Å². The molecule has 0 aliphatic carbocycles. The maximum atomic E-state index is 6.15. The number of benzene rings is 1. The molecular weight excluding hydrogens is 229 g/mol. The molecule has 0 saturated carbocycles. The van der Waals surface area contributed by atoms with E-state index in [1.54, 1.807) is 0 Å². The minimum atomic E-state index is 0.605. The van der Waals surface area contributed by atoms with E-state index in [0.29, 0.717) is 10.0 Å². The van der Waals surface area contributed by atoms with E-state index < -0.39 is 0 Å². The van der Waals surface area contributed by atoms with Gasteiger partial charge in [0.05, 0.1) is 15.6 Å². The highest BCUT2D eigenvalue weighted by molar-refractivity contribution is 6.45. The number of aryl methyl sites for hydroxylation is 2. The molecule has 2 aromatic rings. The summed E-state index contributed by atoms with van der Waals surface area (Å²) in [7, 11) is 0. The van der Waals surface area contributed by atoms with E-state index in [1.165, 1.54) is 16.6 Å². The van der Waals surface area contributed by atoms with Crippen LogP contribution in [0, 0.1) is 6.92 Å². The maximum Gasteiger partial charge on any atom is 0.0833 e. The van der Waals surface area contributed by atoms with E-state index in [2.05, 4.69) is 18.8 Å². The minimum absolute atomic E-state index is 0.605. The zero-order valence-corrected chi connectivity index (χ0v) is 10.3. The molecule has 2 rings (SSSR count). The molecule has 0 aliphatic heterocycles. The lowest BCUT2D eigenvalue weighted by molar-refractivity contribution is 0.918. The second kappa shape index (κ2) is 4.07. The number of H-pyrrole nitrogens is 1. The van der Waals surface area contributed by atoms with E-state index in [1.807, 2.05) is 12.1 Å². The van der Waals surface area contributed by atoms with Gasteiger partial charge in [-0.3, -0.25) is 0 Å². The van der Waals surface area contributed by atoms with E-state index in [4.69, 9.17) is 23.2 Å². The van der Waals surface area contributed by atoms with Crippen molar-refractivity contribution in [2.45, 2.75) is 26.7 Å². The first-order valence-electron chi connectivity index (χ1n) is 5.10. The van der Waals surface area contributed by atoms with Gasteiger partial charge in [0.1, 0.15) is 0 Å². The van der Waals surface area contributed by atoms with Gasteiger partial charge in [0.2, 0.25) is 0 Å². The number of hydrogen-bond donors (Lipinski definition) is 1. The topological polar surface area (TPSA) is 15.8 Å². The normalized spacial score (nSPS) is 11.2. The van der Waals surface area contributed by atoms with Crippen molar-refractivity contribution in [3.63, 3.8) is 0 Å². The molecule has 0 radical (unpaired) electrons. The third-order valence-electron chi connectivity index (χ3n) is 2.69. The summed E-state index contributed by atoms with van der Waals surface area (Å²) >= 11 is 12.1. The second-order valence-corrected chi connectivity index (χ2v) is 4.55. The lowest BCUT2D eigenvalue weighted by Crippen LogP contribution is -1.83. The van der Waals surface area contributed by atoms with Gasteiger partial charge in [-0.1, -0.05) is 42.6 Å². The summed E-state index contributed by atoms with van der Waals surface area (Å²) in [5.41, 5.74) is 3.51. The van der Waals surface area contributed by atoms with Crippen LogP contribution >= 0.6 is 23.2 Å². The fourth-order valence-electron chi connectivity index (χ4n) is 1.96. The van der Waals surface area contributed by atoms with Crippen LogP contribution in [0.5, 0.6) is 0 Å². The average molecular weight is 242 g/mol. The van der Waals surface area contributed by atoms with Crippen LogP contribution in [0.2, 0.25) is 10.0 Å². The average Bonchev–Trinajstić information content (AvgIpc) is 2.52. The molecule has 1 nitrogen and oxygen atoms in total. The van der Waals surface area contributed by atoms with Crippen molar-refractivity contribution in [1.82, 2.24) is 4.98 Å². The van der Waals surface area contributed by atoms with Gasteiger partial charge >= 0.3 is 0 Å². The Morgan fingerprint density at radius 3 is 2.67 bits per heavy atom. The number of hydrogen-bond acceptors (Lipinski definition) is 0. The minimum Gasteiger partial charge on any atom is -0.357 e. The van der Waals surface area contributed by atoms with Crippen molar-refractivity contribution in [1.29, 1.82) is 0 Å². The summed E-state index contributed by atoms with van der Waals surface area (Å²) in [4.78, 5) is 3.30. The molecule has 1 N–H and O–H groups in total. The molecule has 1 aromatic heterocycles. The van der Waals surface area contributed by atoms with Gasteiger partial charge in [-0.15, -0.1) is 0 Å². The highest BCUT2D eigenvalue weighted by Crippen LogP contribution is 2.33. The Labute approximate surface area is 99.4 Å². The molecule has 1 aromatic carbocycles. The molecule has 0 bridgehead atoms. The first-order chi connectivity index (χ1) is 7.15. The van der Waals surface area contributed by atoms with Gasteiger partial charge in [-0.2, -0.15) is 0 Å². The summed E-state index contributed by atoms with van der Waals surface area (Å²) in [6.45, 7) is 4.25. The van der Waals surface area contributed by atoms with Crippen LogP contribution in [0.15, 0.2) is 12.1 Å². The Bertz CT molecular complexity index is 500. The molecular formula is C12H13Cl2N. The maximum absolute atomic E-state index is 6.15. The number of halogens is 2. The van der Waals surface area contributed by atoms with Crippen LogP contribution in [-0.4, -0.2) is 4.98 Å². The van der Waals surface area contributed by atoms with Gasteiger partial charge in [0, 0.05) is 11.1 Å². The lowest BCUT2D eigenvalue weighted by Gasteiger charge is -1.99. The Balaban J connectivity index is 2.73. The summed E-state index contributed by atoms with van der Waals surface area (Å²) in [6, 6.07) is 3.90. The quantitative estimate of drug-likeness (QED) is 0.783. The summed E-state index contributed by atoms with van der Waals surface area (Å²) < 4.78 is 0. The Hall–Kier alpha value is -0.660. The van der Waals surface area contributed by atoms with Crippen molar-refractivity contribution in [3.8, 4) is 0 Å². The van der Waals surface area contributed by atoms with Gasteiger partial charge in [-0.05, 0) is 25.0 Å². The second-order valence-electron chi connectivity index (χ2n) is 3.76. The zero-order chi connectivity index (χ0) is 11.0. The highest BCUT2D eigenvalue weighted by atomic mass is 35.5. The smallest absolute Gasteiger partial charge is 0.0833 e. The third-order valence-corrected chi connectivity index (χ3v) is 3.49. The van der Waals surface area contributed by atoms with Gasteiger partial charge < -0.3 is 4.98 Å². The molecule has 0 unspecified atom stereocenters. The molecule has 0 amide bonds. The van der Waals surface area contributed by atoms with Crippen molar-refractivity contribution >= 4 is 34.1 Å². The Morgan fingerprint density at radius 1 is 1.27 bits per heavy atom. The summed E-state index contributed by atoms with van der Waals surface area (Å²) in [5.74, 6) is 0. The van der Waals surface area contributed by atoms with Gasteiger partial charge in [0.15, 0.2) is 0 Å². The number of nitrogens with one attached hydrogen (secondary N) is 1. The lowest BCUT2D eigenvalue weighted by atomic mass is 10.1. The Morgan fingerprint density at radius 2 is 2.00 bits per heavy atom. The van der Waals surface area contributed by atoms with Crippen molar-refractivity contribution < 1.29 is 0 Å². The predicted molar refractivity (Wildman–Crippen MR) is 67.1 cm³/mol. The number of aromatic amines is 1. The molecule has 0 saturated heterocycles. The number of aromatic nitrogens is 1. The van der Waals surface area contributed by atoms with Crippen LogP contribution in [0.1, 0.15) is 24.6 Å². The fraction of sp³-hybridized carbons (Fsp3) is 0.333. The van der Waals surface area contributed by atoms with E-state index in [0.717, 1.165) is 18.4 Å². The standard InChI is InChI=1S/C12H13Cl2N/c1-3-4-8-7(2)15-12-9(8)5-6-10(13)11(12)14/h5-6,15H,3-4H2,1-2H3. The molecule has 80 valence electrons. The first-order valence-corrected chi connectivity index (χ1v) is 5.86. The number of rotatable bonds is 2. The van der Waals surface area contributed by atoms with Crippen LogP contribution in [0.3, 0.4) is 0 Å². The molecule has 0 fully saturated rings. The molecule has 0 spiro atoms. The van der Waals surface area contributed by atoms with Gasteiger partial charge in [-0.25, -0.2) is 0 Å². The summed E-state index contributed by atoms with van der Waals surface area (Å²) in [5, 5.41) is 2.43. The predicted octanol–water partition coefficient (Wildman–Crippen LogP) is 4.74. The monoisotopic (exact) mass is 241 g/mol. The van der Waals surface area contributed by atoms with Gasteiger partial charge in [0.25, 0.3) is 0 Å². The first kappa shape index (κ1) is 10.8. The third kappa shape index (κ3) is 1.75. The van der Waals surface area contributed by atoms with Crippen molar-refractivity contribution in [3.05, 3.63) is 33.4 Å². The molecule has 1 heterocycles. The van der Waals surface area contributed by atoms with Crippen LogP contribution < -0.4 is 0 Å².